The molecule has 4 heteroatoms. The highest BCUT2D eigenvalue weighted by Gasteiger charge is 2.07. The zero-order valence-corrected chi connectivity index (χ0v) is 10.7. The van der Waals surface area contributed by atoms with Crippen LogP contribution in [0.3, 0.4) is 0 Å². The van der Waals surface area contributed by atoms with Crippen LogP contribution in [0.1, 0.15) is 33.6 Å². The lowest BCUT2D eigenvalue weighted by molar-refractivity contribution is -0.139. The van der Waals surface area contributed by atoms with E-state index in [9.17, 15) is 9.59 Å². The number of hydrogen-bond acceptors (Lipinski definition) is 4. The van der Waals surface area contributed by atoms with E-state index in [2.05, 4.69) is 6.58 Å². The summed E-state index contributed by atoms with van der Waals surface area (Å²) in [6.07, 6.45) is 5.08. The number of allylic oxidation sites excluding steroid dienone is 2. The van der Waals surface area contributed by atoms with Gasteiger partial charge in [-0.25, -0.2) is 4.79 Å². The number of ether oxygens (including phenoxy) is 2. The summed E-state index contributed by atoms with van der Waals surface area (Å²) in [5.41, 5.74) is 0. The maximum atomic E-state index is 10.4. The molecule has 1 aliphatic carbocycles. The Balaban J connectivity index is 0.000000302. The normalized spacial score (nSPS) is 12.6. The third kappa shape index (κ3) is 9.35. The number of esters is 2. The Hall–Kier alpha value is -1.58. The molecule has 0 aromatic rings. The van der Waals surface area contributed by atoms with Crippen LogP contribution >= 0.6 is 0 Å². The first-order valence-corrected chi connectivity index (χ1v) is 5.62. The molecule has 1 rings (SSSR count). The molecular weight excluding hydrogens is 220 g/mol. The molecule has 0 spiro atoms. The lowest BCUT2D eigenvalue weighted by Gasteiger charge is -2.11. The third-order valence-electron chi connectivity index (χ3n) is 1.76. The molecule has 0 radical (unpaired) electrons. The van der Waals surface area contributed by atoms with Gasteiger partial charge in [0.25, 0.3) is 0 Å². The fraction of sp³-hybridized carbons (Fsp3) is 0.538. The van der Waals surface area contributed by atoms with Crippen LogP contribution < -0.4 is 0 Å². The minimum Gasteiger partial charge on any atom is -0.462 e. The van der Waals surface area contributed by atoms with Gasteiger partial charge in [-0.05, 0) is 18.4 Å². The van der Waals surface area contributed by atoms with Crippen molar-refractivity contribution in [1.29, 1.82) is 0 Å². The summed E-state index contributed by atoms with van der Waals surface area (Å²) in [4.78, 5) is 20.6. The molecule has 0 saturated heterocycles. The standard InChI is InChI=1S/C7H12O2.C6H8O2/c1-4-7(8)9-5-6(2)3;1-5(7)8-6-3-2-4-6/h4,6H,1,5H2,2-3H3;3H,2,4H2,1H3. The predicted molar refractivity (Wildman–Crippen MR) is 65.1 cm³/mol. The highest BCUT2D eigenvalue weighted by Crippen LogP contribution is 2.18. The minimum absolute atomic E-state index is 0.212. The van der Waals surface area contributed by atoms with Gasteiger partial charge in [0.2, 0.25) is 0 Å². The Morgan fingerprint density at radius 1 is 1.53 bits per heavy atom. The zero-order chi connectivity index (χ0) is 13.3. The molecule has 0 fully saturated rings. The Kier molecular flexibility index (Phi) is 7.76. The Morgan fingerprint density at radius 2 is 2.12 bits per heavy atom. The van der Waals surface area contributed by atoms with Crippen molar-refractivity contribution in [2.45, 2.75) is 33.6 Å². The van der Waals surface area contributed by atoms with Gasteiger partial charge in [-0.3, -0.25) is 4.79 Å². The monoisotopic (exact) mass is 240 g/mol. The first-order valence-electron chi connectivity index (χ1n) is 5.62. The lowest BCUT2D eigenvalue weighted by Crippen LogP contribution is -2.06. The SMILES string of the molecule is C=CC(=O)OCC(C)C.CC(=O)OC1=CCC1. The fourth-order valence-corrected chi connectivity index (χ4v) is 0.847. The smallest absolute Gasteiger partial charge is 0.330 e. The Bertz CT molecular complexity index is 303. The van der Waals surface area contributed by atoms with Crippen molar-refractivity contribution in [2.24, 2.45) is 5.92 Å². The maximum Gasteiger partial charge on any atom is 0.330 e. The number of carbonyl (C=O) groups is 2. The van der Waals surface area contributed by atoms with Gasteiger partial charge >= 0.3 is 11.9 Å². The second kappa shape index (κ2) is 8.56. The molecule has 0 amide bonds. The summed E-state index contributed by atoms with van der Waals surface area (Å²) in [6, 6.07) is 0. The minimum atomic E-state index is -0.344. The summed E-state index contributed by atoms with van der Waals surface area (Å²) in [6.45, 7) is 9.12. The molecule has 0 heterocycles. The van der Waals surface area contributed by atoms with Crippen molar-refractivity contribution in [2.75, 3.05) is 6.61 Å². The van der Waals surface area contributed by atoms with E-state index in [1.54, 1.807) is 0 Å². The Labute approximate surface area is 102 Å². The molecular formula is C13H20O4. The molecule has 96 valence electrons. The molecule has 0 aliphatic heterocycles. The zero-order valence-electron chi connectivity index (χ0n) is 10.7. The summed E-state index contributed by atoms with van der Waals surface area (Å²) in [5.74, 6) is 0.672. The molecule has 0 unspecified atom stereocenters. The van der Waals surface area contributed by atoms with Crippen molar-refractivity contribution >= 4 is 11.9 Å². The fourth-order valence-electron chi connectivity index (χ4n) is 0.847. The molecule has 0 atom stereocenters. The van der Waals surface area contributed by atoms with Gasteiger partial charge in [0.05, 0.1) is 6.61 Å². The number of carbonyl (C=O) groups excluding carboxylic acids is 2. The van der Waals surface area contributed by atoms with Crippen molar-refractivity contribution < 1.29 is 19.1 Å². The summed E-state index contributed by atoms with van der Waals surface area (Å²) < 4.78 is 9.40. The van der Waals surface area contributed by atoms with Crippen LogP contribution in [0, 0.1) is 5.92 Å². The highest BCUT2D eigenvalue weighted by molar-refractivity contribution is 5.81. The molecule has 0 aromatic carbocycles. The third-order valence-corrected chi connectivity index (χ3v) is 1.76. The molecule has 1 aliphatic rings. The average Bonchev–Trinajstić information content (AvgIpc) is 2.21. The second-order valence-corrected chi connectivity index (χ2v) is 4.03. The largest absolute Gasteiger partial charge is 0.462 e. The second-order valence-electron chi connectivity index (χ2n) is 4.03. The Morgan fingerprint density at radius 3 is 2.35 bits per heavy atom. The predicted octanol–water partition coefficient (Wildman–Crippen LogP) is 2.60. The highest BCUT2D eigenvalue weighted by atomic mass is 16.5. The van der Waals surface area contributed by atoms with Gasteiger partial charge in [0, 0.05) is 19.4 Å². The molecule has 0 aromatic heterocycles. The van der Waals surface area contributed by atoms with Crippen molar-refractivity contribution in [3.63, 3.8) is 0 Å². The summed E-state index contributed by atoms with van der Waals surface area (Å²) in [7, 11) is 0. The van der Waals surface area contributed by atoms with Crippen LogP contribution in [-0.4, -0.2) is 18.5 Å². The quantitative estimate of drug-likeness (QED) is 0.560. The van der Waals surface area contributed by atoms with E-state index in [0.29, 0.717) is 12.5 Å². The van der Waals surface area contributed by atoms with Gasteiger partial charge in [0.15, 0.2) is 0 Å². The summed E-state index contributed by atoms with van der Waals surface area (Å²) >= 11 is 0. The van der Waals surface area contributed by atoms with E-state index in [1.807, 2.05) is 19.9 Å². The molecule has 0 saturated carbocycles. The topological polar surface area (TPSA) is 52.6 Å². The van der Waals surface area contributed by atoms with Crippen LogP contribution in [-0.2, 0) is 19.1 Å². The van der Waals surface area contributed by atoms with E-state index in [0.717, 1.165) is 18.6 Å². The molecule has 0 N–H and O–H groups in total. The van der Waals surface area contributed by atoms with Crippen LogP contribution in [0.15, 0.2) is 24.5 Å². The first-order chi connectivity index (χ1) is 7.95. The van der Waals surface area contributed by atoms with Gasteiger partial charge < -0.3 is 9.47 Å². The van der Waals surface area contributed by atoms with Gasteiger partial charge in [-0.1, -0.05) is 20.4 Å². The van der Waals surface area contributed by atoms with E-state index >= 15 is 0 Å². The van der Waals surface area contributed by atoms with Crippen LogP contribution in [0.25, 0.3) is 0 Å². The average molecular weight is 240 g/mol. The molecule has 17 heavy (non-hydrogen) atoms. The van der Waals surface area contributed by atoms with Gasteiger partial charge in [-0.2, -0.15) is 0 Å². The maximum absolute atomic E-state index is 10.4. The van der Waals surface area contributed by atoms with Crippen molar-refractivity contribution in [3.05, 3.63) is 24.5 Å². The lowest BCUT2D eigenvalue weighted by atomic mass is 10.1. The van der Waals surface area contributed by atoms with Gasteiger partial charge in [-0.15, -0.1) is 0 Å². The van der Waals surface area contributed by atoms with Crippen molar-refractivity contribution in [3.8, 4) is 0 Å². The summed E-state index contributed by atoms with van der Waals surface area (Å²) in [5, 5.41) is 0. The van der Waals surface area contributed by atoms with Crippen molar-refractivity contribution in [1.82, 2.24) is 0 Å². The van der Waals surface area contributed by atoms with E-state index < -0.39 is 0 Å². The number of rotatable bonds is 4. The van der Waals surface area contributed by atoms with E-state index in [4.69, 9.17) is 9.47 Å². The molecule has 0 bridgehead atoms. The number of hydrogen-bond donors (Lipinski definition) is 0. The van der Waals surface area contributed by atoms with Crippen LogP contribution in [0.4, 0.5) is 0 Å². The van der Waals surface area contributed by atoms with Crippen LogP contribution in [0.2, 0.25) is 0 Å². The van der Waals surface area contributed by atoms with E-state index in [1.165, 1.54) is 13.0 Å². The van der Waals surface area contributed by atoms with E-state index in [-0.39, 0.29) is 11.9 Å². The molecule has 4 nitrogen and oxygen atoms in total. The van der Waals surface area contributed by atoms with Crippen LogP contribution in [0.5, 0.6) is 0 Å². The van der Waals surface area contributed by atoms with Gasteiger partial charge in [0.1, 0.15) is 5.76 Å². The first kappa shape index (κ1) is 15.4.